The van der Waals surface area contributed by atoms with Gasteiger partial charge in [-0.25, -0.2) is 39.7 Å². The molecule has 3 aliphatic heterocycles. The number of rotatable bonds is 30. The number of aliphatic hydroxyl groups is 4. The van der Waals surface area contributed by atoms with Crippen molar-refractivity contribution in [3.8, 4) is 18.1 Å². The number of benzene rings is 3. The van der Waals surface area contributed by atoms with Gasteiger partial charge in [0.05, 0.1) is 119 Å². The Labute approximate surface area is 643 Å². The molecule has 3 saturated heterocycles. The molecule has 111 heavy (non-hydrogen) atoms. The minimum absolute atomic E-state index is 0.0699. The number of nitrogens with zero attached hydrogens (tertiary/aromatic N) is 12. The zero-order valence-electron chi connectivity index (χ0n) is 62.8. The van der Waals surface area contributed by atoms with Crippen molar-refractivity contribution < 1.29 is 99.3 Å². The van der Waals surface area contributed by atoms with Crippen LogP contribution in [0.5, 0.6) is 5.75 Å². The third-order valence-corrected chi connectivity index (χ3v) is 22.9. The summed E-state index contributed by atoms with van der Waals surface area (Å²) in [5.74, 6) is 3.39. The Balaban J connectivity index is 0.000000184. The normalized spacial score (nSPS) is 25.3. The molecule has 0 amide bonds. The number of carbonyl (C=O) groups is 2. The molecule has 0 radical (unpaired) electrons. The van der Waals surface area contributed by atoms with Crippen molar-refractivity contribution in [1.29, 1.82) is 0 Å². The first kappa shape index (κ1) is 85.1. The van der Waals surface area contributed by atoms with E-state index in [1.165, 1.54) is 61.5 Å². The van der Waals surface area contributed by atoms with Gasteiger partial charge in [0.1, 0.15) is 84.2 Å². The quantitative estimate of drug-likeness (QED) is 0.00732. The molecule has 0 bridgehead atoms. The maximum absolute atomic E-state index is 13.2. The van der Waals surface area contributed by atoms with Gasteiger partial charge in [0.2, 0.25) is 5.28 Å². The van der Waals surface area contributed by atoms with E-state index < -0.39 is 107 Å². The van der Waals surface area contributed by atoms with Crippen LogP contribution in [0.1, 0.15) is 104 Å². The van der Waals surface area contributed by atoms with Gasteiger partial charge in [0, 0.05) is 31.1 Å². The number of aryl methyl sites for hydroxylation is 2. The van der Waals surface area contributed by atoms with Crippen molar-refractivity contribution in [3.05, 3.63) is 137 Å². The molecule has 3 aromatic carbocycles. The van der Waals surface area contributed by atoms with Gasteiger partial charge in [-0.05, 0) is 95.1 Å². The minimum atomic E-state index is -3.42. The van der Waals surface area contributed by atoms with E-state index >= 15 is 0 Å². The summed E-state index contributed by atoms with van der Waals surface area (Å²) < 4.78 is 110. The lowest BCUT2D eigenvalue weighted by Gasteiger charge is -2.33. The lowest BCUT2D eigenvalue weighted by molar-refractivity contribution is -0.0736. The molecule has 10 N–H and O–H groups in total. The molecular formula is C71H91ClN15O21P3. The Morgan fingerprint density at radius 2 is 0.946 bits per heavy atom. The van der Waals surface area contributed by atoms with Crippen molar-refractivity contribution in [1.82, 2.24) is 58.6 Å². The molecule has 9 aromatic rings. The first-order valence-electron chi connectivity index (χ1n) is 35.0. The van der Waals surface area contributed by atoms with Gasteiger partial charge in [-0.3, -0.25) is 32.2 Å². The fourth-order valence-corrected chi connectivity index (χ4v) is 16.0. The SMILES string of the molecule is C#CCOc1ccc(C(=O)c2ccc(C(=O)OCC3(C)[C@@H](O)[C@@H](COP(C)(=O)OCC)O[C@H]3n3cnc4c(N)nc(C)nc43)cc2)cc1.CCOP(C)(=O)OC[C@H]1O[C@@H](n2cnc3c(N)nc(C)nc32)C(C)(COCc2ccccc2)[C@H]1O.CCOP(C)(=O)OC[C@H]1O[C@@H](n2cnc3c(N)nc(Cl)nc32)C(C)(CO)[C@H]1O. The van der Waals surface area contributed by atoms with Gasteiger partial charge in [-0.2, -0.15) is 9.97 Å². The monoisotopic (exact) mass is 1620 g/mol. The van der Waals surface area contributed by atoms with Crippen LogP contribution in [0.2, 0.25) is 5.28 Å². The Hall–Kier alpha value is -8.37. The molecule has 598 valence electrons. The van der Waals surface area contributed by atoms with Crippen molar-refractivity contribution >= 4 is 97.1 Å². The predicted octanol–water partition coefficient (Wildman–Crippen LogP) is 8.23. The number of ether oxygens (including phenoxy) is 6. The van der Waals surface area contributed by atoms with Gasteiger partial charge < -0.3 is 93.2 Å². The number of hydrogen-bond acceptors (Lipinski definition) is 33. The van der Waals surface area contributed by atoms with E-state index in [-0.39, 0.29) is 93.5 Å². The first-order valence-corrected chi connectivity index (χ1v) is 41.4. The van der Waals surface area contributed by atoms with Gasteiger partial charge in [0.25, 0.3) is 0 Å². The number of fused-ring (bicyclic) bond motifs is 3. The van der Waals surface area contributed by atoms with Crippen LogP contribution >= 0.6 is 34.4 Å². The number of aliphatic hydroxyl groups excluding tert-OH is 4. The summed E-state index contributed by atoms with van der Waals surface area (Å²) in [6.45, 7) is 17.8. The van der Waals surface area contributed by atoms with Crippen molar-refractivity contribution in [2.75, 3.05) is 103 Å². The largest absolute Gasteiger partial charge is 0.481 e. The summed E-state index contributed by atoms with van der Waals surface area (Å²) in [6, 6.07) is 22.3. The highest BCUT2D eigenvalue weighted by Crippen LogP contribution is 2.53. The van der Waals surface area contributed by atoms with Crippen LogP contribution in [0.4, 0.5) is 17.5 Å². The molecule has 9 heterocycles. The number of imidazole rings is 3. The number of carbonyl (C=O) groups excluding carboxylic acids is 2. The van der Waals surface area contributed by atoms with Gasteiger partial charge in [0.15, 0.2) is 40.2 Å². The molecule has 15 atom stereocenters. The molecule has 3 fully saturated rings. The molecule has 40 heteroatoms. The molecule has 0 spiro atoms. The fourth-order valence-electron chi connectivity index (χ4n) is 12.9. The lowest BCUT2D eigenvalue weighted by Crippen LogP contribution is -2.42. The van der Waals surface area contributed by atoms with E-state index in [0.717, 1.165) is 5.56 Å². The summed E-state index contributed by atoms with van der Waals surface area (Å²) >= 11 is 5.90. The number of aromatic nitrogens is 12. The maximum atomic E-state index is 13.2. The zero-order valence-corrected chi connectivity index (χ0v) is 66.3. The number of esters is 1. The third kappa shape index (κ3) is 19.3. The zero-order chi connectivity index (χ0) is 80.5. The molecule has 0 saturated carbocycles. The molecule has 12 rings (SSSR count). The number of terminal acetylenes is 1. The maximum Gasteiger partial charge on any atom is 0.338 e. The van der Waals surface area contributed by atoms with Crippen LogP contribution in [-0.2, 0) is 71.1 Å². The highest BCUT2D eigenvalue weighted by Gasteiger charge is 2.58. The first-order chi connectivity index (χ1) is 52.6. The van der Waals surface area contributed by atoms with E-state index in [4.69, 9.17) is 90.8 Å². The predicted molar refractivity (Wildman–Crippen MR) is 405 cm³/mol. The van der Waals surface area contributed by atoms with E-state index in [1.807, 2.05) is 37.3 Å². The Bertz CT molecular complexity index is 4950. The highest BCUT2D eigenvalue weighted by atomic mass is 35.5. The minimum Gasteiger partial charge on any atom is -0.481 e. The number of nitrogen functional groups attached to an aromatic ring is 3. The van der Waals surface area contributed by atoms with E-state index in [9.17, 15) is 43.7 Å². The van der Waals surface area contributed by atoms with Crippen molar-refractivity contribution in [3.63, 3.8) is 0 Å². The summed E-state index contributed by atoms with van der Waals surface area (Å²) in [7, 11) is -9.99. The number of hydrogen-bond donors (Lipinski definition) is 7. The van der Waals surface area contributed by atoms with E-state index in [0.29, 0.717) is 68.6 Å². The number of halogens is 1. The summed E-state index contributed by atoms with van der Waals surface area (Å²) in [6.07, 6.45) is 1.03. The topological polar surface area (TPSA) is 486 Å². The number of anilines is 3. The Morgan fingerprint density at radius 1 is 0.559 bits per heavy atom. The molecule has 6 aromatic heterocycles. The van der Waals surface area contributed by atoms with Crippen LogP contribution in [-0.4, -0.2) is 213 Å². The second kappa shape index (κ2) is 35.8. The van der Waals surface area contributed by atoms with E-state index in [1.54, 1.807) is 88.2 Å². The standard InChI is InChI=1S/C33H36N5O9P.C23H32N5O6P.C15H23ClN5O6P/c1-6-16-43-24-14-12-22(13-15-24)27(39)21-8-10-23(11-9-21)31(41)44-18-33(4)28(40)25(17-46-48(5,42)45-7-2)47-32(33)38-19-35-26-29(34)36-20(3)37-30(26)38;1-5-32-35(4,30)33-12-17-19(29)23(3,13-31-11-16-9-7-6-8-10-16)22(34-17)28-14-25-18-20(24)26-15(2)27-21(18)28;1-4-25-28(3,24)26-5-8-10(23)15(2,6-22)13(27-8)21-7-18-9-11(17)19-14(16)20-12(9)21/h1,8-15,19,25,28,32,40H,7,16-18H2,2-5H3,(H2,34,36,37);6-10,14,17,19,22,29H,5,11-13H2,1-4H3,(H2,24,26,27);7-8,10,13,22-23H,4-6H2,1-3H3,(H2,17,19,20)/t25-,28+,32-,33?,48?;17-,19+,22-,23?,35?;8-,10+,13-,15?,28?/m111/s1. The number of nitrogens with two attached hydrogens (primary N) is 3. The molecule has 6 unspecified atom stereocenters. The van der Waals surface area contributed by atoms with Gasteiger partial charge >= 0.3 is 28.8 Å². The van der Waals surface area contributed by atoms with Crippen LogP contribution in [0.15, 0.2) is 97.8 Å². The molecular weight excluding hydrogens is 1530 g/mol. The van der Waals surface area contributed by atoms with Crippen LogP contribution in [0.25, 0.3) is 33.5 Å². The summed E-state index contributed by atoms with van der Waals surface area (Å²) in [5.41, 5.74) is 18.8. The van der Waals surface area contributed by atoms with Crippen molar-refractivity contribution in [2.24, 2.45) is 16.2 Å². The summed E-state index contributed by atoms with van der Waals surface area (Å²) in [4.78, 5) is 64.4. The summed E-state index contributed by atoms with van der Waals surface area (Å²) in [5, 5.41) is 43.6. The third-order valence-electron chi connectivity index (χ3n) is 18.7. The van der Waals surface area contributed by atoms with E-state index in [2.05, 4.69) is 50.8 Å². The van der Waals surface area contributed by atoms with Gasteiger partial charge in [-0.15, -0.1) is 6.42 Å². The van der Waals surface area contributed by atoms with Crippen molar-refractivity contribution in [2.45, 2.75) is 117 Å². The van der Waals surface area contributed by atoms with Crippen LogP contribution < -0.4 is 21.9 Å². The van der Waals surface area contributed by atoms with Gasteiger partial charge in [-0.1, -0.05) is 62.2 Å². The molecule has 36 nitrogen and oxygen atoms in total. The van der Waals surface area contributed by atoms with Crippen LogP contribution in [0, 0.1) is 42.4 Å². The number of ketones is 1. The average Bonchev–Trinajstić information content (AvgIpc) is 1.60. The van der Waals surface area contributed by atoms with Crippen LogP contribution in [0.3, 0.4) is 0 Å². The smallest absolute Gasteiger partial charge is 0.338 e. The average molecular weight is 1620 g/mol. The Morgan fingerprint density at radius 3 is 1.37 bits per heavy atom. The Kier molecular flexibility index (Phi) is 27.4. The highest BCUT2D eigenvalue weighted by molar-refractivity contribution is 7.53. The second-order valence-electron chi connectivity index (χ2n) is 27.2. The molecule has 3 aliphatic rings. The molecule has 0 aliphatic carbocycles. The fraction of sp³-hybridized carbons (Fsp3) is 0.479. The lowest BCUT2D eigenvalue weighted by atomic mass is 9.83. The second-order valence-corrected chi connectivity index (χ2v) is 33.7.